The molecule has 13 nitrogen and oxygen atoms in total. The van der Waals surface area contributed by atoms with Gasteiger partial charge in [0.05, 0.1) is 15.8 Å². The molecule has 1 heterocycles. The van der Waals surface area contributed by atoms with Crippen molar-refractivity contribution in [2.45, 2.75) is 32.5 Å². The molecule has 0 aliphatic carbocycles. The highest BCUT2D eigenvalue weighted by atomic mass is 16.6. The lowest BCUT2D eigenvalue weighted by Crippen LogP contribution is -2.41. The van der Waals surface area contributed by atoms with Gasteiger partial charge in [-0.2, -0.15) is 0 Å². The molecule has 1 aliphatic heterocycles. The molecule has 0 saturated carbocycles. The first-order chi connectivity index (χ1) is 18.6. The van der Waals surface area contributed by atoms with Gasteiger partial charge in [0.2, 0.25) is 0 Å². The fraction of sp³-hybridized carbons (Fsp3) is 0.346. The molecule has 1 aliphatic rings. The van der Waals surface area contributed by atoms with E-state index >= 15 is 0 Å². The molecule has 2 aromatic rings. The second-order valence-corrected chi connectivity index (χ2v) is 8.82. The summed E-state index contributed by atoms with van der Waals surface area (Å²) in [7, 11) is 0. The Hall–Kier alpha value is -4.81. The van der Waals surface area contributed by atoms with Crippen molar-refractivity contribution in [3.05, 3.63) is 92.0 Å². The van der Waals surface area contributed by atoms with Crippen LogP contribution >= 0.6 is 0 Å². The minimum absolute atomic E-state index is 0.137. The fourth-order valence-electron chi connectivity index (χ4n) is 3.95. The summed E-state index contributed by atoms with van der Waals surface area (Å²) in [5.41, 5.74) is -0.520. The van der Waals surface area contributed by atoms with E-state index in [2.05, 4.69) is 6.58 Å². The standard InChI is InChI=1S/C26H27N3O10/c1-17(2)24(30)37-16-23(18-7-4-3-5-8-18)39-25(31)19-11-13-27(14-12-19)26(32)38-15-20-21(28(33)34)9-6-10-22(20)29(35)36/h3-10,19,23H,1,11-16H2,2H3. The van der Waals surface area contributed by atoms with Crippen LogP contribution in [-0.4, -0.2) is 52.5 Å². The third kappa shape index (κ3) is 7.60. The van der Waals surface area contributed by atoms with E-state index in [1.54, 1.807) is 30.3 Å². The molecule has 0 radical (unpaired) electrons. The van der Waals surface area contributed by atoms with Gasteiger partial charge in [-0.1, -0.05) is 36.9 Å². The second kappa shape index (κ2) is 13.1. The van der Waals surface area contributed by atoms with Gasteiger partial charge in [0.25, 0.3) is 11.4 Å². The molecule has 0 N–H and O–H groups in total. The molecule has 0 bridgehead atoms. The van der Waals surface area contributed by atoms with Gasteiger partial charge in [0.15, 0.2) is 6.10 Å². The molecule has 1 amide bonds. The first-order valence-electron chi connectivity index (χ1n) is 12.0. The summed E-state index contributed by atoms with van der Waals surface area (Å²) in [6.45, 7) is 4.47. The number of nitrogens with zero attached hydrogens (tertiary/aromatic N) is 3. The topological polar surface area (TPSA) is 168 Å². The van der Waals surface area contributed by atoms with Crippen LogP contribution in [0.3, 0.4) is 0 Å². The average Bonchev–Trinajstić information content (AvgIpc) is 2.93. The highest BCUT2D eigenvalue weighted by molar-refractivity contribution is 5.87. The quantitative estimate of drug-likeness (QED) is 0.139. The van der Waals surface area contributed by atoms with E-state index in [0.717, 1.165) is 12.1 Å². The number of nitro groups is 2. The van der Waals surface area contributed by atoms with Crippen molar-refractivity contribution in [1.82, 2.24) is 4.90 Å². The zero-order chi connectivity index (χ0) is 28.5. The molecule has 0 aromatic heterocycles. The number of benzene rings is 2. The molecule has 39 heavy (non-hydrogen) atoms. The van der Waals surface area contributed by atoms with Crippen LogP contribution in [0.25, 0.3) is 0 Å². The molecular formula is C26H27N3O10. The maximum atomic E-state index is 12.9. The summed E-state index contributed by atoms with van der Waals surface area (Å²) in [6.07, 6.45) is -1.13. The zero-order valence-electron chi connectivity index (χ0n) is 21.1. The Morgan fingerprint density at radius 2 is 1.56 bits per heavy atom. The minimum atomic E-state index is -0.831. The highest BCUT2D eigenvalue weighted by Crippen LogP contribution is 2.30. The van der Waals surface area contributed by atoms with Crippen LogP contribution < -0.4 is 0 Å². The predicted octanol–water partition coefficient (Wildman–Crippen LogP) is 4.26. The van der Waals surface area contributed by atoms with Crippen molar-refractivity contribution in [1.29, 1.82) is 0 Å². The van der Waals surface area contributed by atoms with Gasteiger partial charge in [-0.25, -0.2) is 9.59 Å². The fourth-order valence-corrected chi connectivity index (χ4v) is 3.95. The van der Waals surface area contributed by atoms with Gasteiger partial charge in [0, 0.05) is 30.8 Å². The van der Waals surface area contributed by atoms with E-state index in [4.69, 9.17) is 14.2 Å². The number of carbonyl (C=O) groups is 3. The average molecular weight is 542 g/mol. The van der Waals surface area contributed by atoms with Gasteiger partial charge < -0.3 is 19.1 Å². The summed E-state index contributed by atoms with van der Waals surface area (Å²) < 4.78 is 16.0. The Morgan fingerprint density at radius 1 is 0.974 bits per heavy atom. The number of nitro benzene ring substituents is 2. The first-order valence-corrected chi connectivity index (χ1v) is 12.0. The minimum Gasteiger partial charge on any atom is -0.458 e. The largest absolute Gasteiger partial charge is 0.458 e. The molecule has 3 rings (SSSR count). The second-order valence-electron chi connectivity index (χ2n) is 8.82. The number of piperidine rings is 1. The Kier molecular flexibility index (Phi) is 9.68. The third-order valence-corrected chi connectivity index (χ3v) is 6.09. The van der Waals surface area contributed by atoms with Crippen molar-refractivity contribution < 1.29 is 38.4 Å². The van der Waals surface area contributed by atoms with Crippen LogP contribution in [0.15, 0.2) is 60.7 Å². The van der Waals surface area contributed by atoms with E-state index in [1.807, 2.05) is 0 Å². The molecular weight excluding hydrogens is 514 g/mol. The molecule has 0 spiro atoms. The van der Waals surface area contributed by atoms with Crippen molar-refractivity contribution in [3.8, 4) is 0 Å². The van der Waals surface area contributed by atoms with Crippen molar-refractivity contribution in [2.75, 3.05) is 19.7 Å². The SMILES string of the molecule is C=C(C)C(=O)OCC(OC(=O)C1CCN(C(=O)OCc2c([N+](=O)[O-])cccc2[N+](=O)[O-])CC1)c1ccccc1. The van der Waals surface area contributed by atoms with Gasteiger partial charge in [-0.3, -0.25) is 25.0 Å². The number of rotatable bonds is 10. The number of likely N-dealkylation sites (tertiary alicyclic amines) is 1. The maximum absolute atomic E-state index is 12.9. The Balaban J connectivity index is 1.57. The monoisotopic (exact) mass is 541 g/mol. The van der Waals surface area contributed by atoms with Crippen LogP contribution in [0.5, 0.6) is 0 Å². The van der Waals surface area contributed by atoms with Crippen LogP contribution in [0.2, 0.25) is 0 Å². The molecule has 1 saturated heterocycles. The van der Waals surface area contributed by atoms with E-state index in [9.17, 15) is 34.6 Å². The van der Waals surface area contributed by atoms with E-state index < -0.39 is 57.9 Å². The lowest BCUT2D eigenvalue weighted by atomic mass is 9.97. The van der Waals surface area contributed by atoms with Gasteiger partial charge in [-0.15, -0.1) is 0 Å². The lowest BCUT2D eigenvalue weighted by Gasteiger charge is -2.31. The van der Waals surface area contributed by atoms with Crippen molar-refractivity contribution >= 4 is 29.4 Å². The van der Waals surface area contributed by atoms with Crippen molar-refractivity contribution in [2.24, 2.45) is 5.92 Å². The van der Waals surface area contributed by atoms with Gasteiger partial charge >= 0.3 is 18.0 Å². The van der Waals surface area contributed by atoms with Crippen LogP contribution in [0, 0.1) is 26.1 Å². The molecule has 206 valence electrons. The first kappa shape index (κ1) is 28.8. The van der Waals surface area contributed by atoms with Crippen LogP contribution in [0.1, 0.15) is 37.0 Å². The Morgan fingerprint density at radius 3 is 2.10 bits per heavy atom. The summed E-state index contributed by atoms with van der Waals surface area (Å²) >= 11 is 0. The lowest BCUT2D eigenvalue weighted by molar-refractivity contribution is -0.396. The zero-order valence-corrected chi connectivity index (χ0v) is 21.1. The molecule has 1 fully saturated rings. The van der Waals surface area contributed by atoms with E-state index in [-0.39, 0.29) is 43.7 Å². The Bertz CT molecular complexity index is 1220. The number of hydrogen-bond donors (Lipinski definition) is 0. The highest BCUT2D eigenvalue weighted by Gasteiger charge is 2.32. The molecule has 1 atom stereocenters. The summed E-state index contributed by atoms with van der Waals surface area (Å²) in [6, 6.07) is 12.2. The van der Waals surface area contributed by atoms with Gasteiger partial charge in [-0.05, 0) is 31.4 Å². The summed E-state index contributed by atoms with van der Waals surface area (Å²) in [4.78, 5) is 59.6. The van der Waals surface area contributed by atoms with Crippen LogP contribution in [0.4, 0.5) is 16.2 Å². The molecule has 2 aromatic carbocycles. The normalized spacial score (nSPS) is 14.1. The van der Waals surface area contributed by atoms with E-state index in [0.29, 0.717) is 5.56 Å². The summed E-state index contributed by atoms with van der Waals surface area (Å²) in [5, 5.41) is 22.5. The number of hydrogen-bond acceptors (Lipinski definition) is 10. The van der Waals surface area contributed by atoms with Crippen molar-refractivity contribution in [3.63, 3.8) is 0 Å². The predicted molar refractivity (Wildman–Crippen MR) is 135 cm³/mol. The van der Waals surface area contributed by atoms with Crippen LogP contribution in [-0.2, 0) is 30.4 Å². The number of esters is 2. The number of carbonyl (C=O) groups excluding carboxylic acids is 3. The van der Waals surface area contributed by atoms with E-state index in [1.165, 1.54) is 17.9 Å². The third-order valence-electron chi connectivity index (χ3n) is 6.09. The molecule has 1 unspecified atom stereocenters. The number of amides is 1. The Labute approximate surface area is 223 Å². The summed E-state index contributed by atoms with van der Waals surface area (Å²) in [5.74, 6) is -1.66. The van der Waals surface area contributed by atoms with Gasteiger partial charge in [0.1, 0.15) is 18.8 Å². The smallest absolute Gasteiger partial charge is 0.410 e. The number of ether oxygens (including phenoxy) is 3. The molecule has 13 heteroatoms. The maximum Gasteiger partial charge on any atom is 0.410 e.